The van der Waals surface area contributed by atoms with Crippen molar-refractivity contribution in [2.24, 2.45) is 0 Å². The van der Waals surface area contributed by atoms with E-state index in [1.807, 2.05) is 0 Å². The van der Waals surface area contributed by atoms with Gasteiger partial charge in [0, 0.05) is 24.5 Å². The van der Waals surface area contributed by atoms with Crippen LogP contribution in [0, 0.1) is 0 Å². The molecule has 2 unspecified atom stereocenters. The summed E-state index contributed by atoms with van der Waals surface area (Å²) in [5.41, 5.74) is 0. The van der Waals surface area contributed by atoms with Gasteiger partial charge in [0.05, 0.1) is 0 Å². The molecule has 2 fully saturated rings. The lowest BCUT2D eigenvalue weighted by atomic mass is 9.96. The maximum Gasteiger partial charge on any atom is 0.279 e. The van der Waals surface area contributed by atoms with E-state index in [4.69, 9.17) is 11.6 Å². The summed E-state index contributed by atoms with van der Waals surface area (Å²) in [5, 5.41) is -0.0525. The lowest BCUT2D eigenvalue weighted by molar-refractivity contribution is 0.331. The van der Waals surface area contributed by atoms with Crippen LogP contribution in [-0.4, -0.2) is 37.2 Å². The van der Waals surface area contributed by atoms with Crippen LogP contribution in [0.2, 0.25) is 0 Å². The molecule has 0 amide bonds. The number of hydrogen-bond donors (Lipinski definition) is 1. The summed E-state index contributed by atoms with van der Waals surface area (Å²) in [5.74, 6) is 0. The molecule has 0 radical (unpaired) electrons. The molecular weight excluding hydrogens is 260 g/mol. The van der Waals surface area contributed by atoms with Crippen molar-refractivity contribution in [2.45, 2.75) is 56.4 Å². The molecule has 6 heteroatoms. The van der Waals surface area contributed by atoms with Gasteiger partial charge in [0.1, 0.15) is 0 Å². The first-order chi connectivity index (χ1) is 8.09. The molecule has 1 saturated carbocycles. The normalized spacial score (nSPS) is 32.5. The second-order valence-electron chi connectivity index (χ2n) is 4.99. The Balaban J connectivity index is 1.95. The molecule has 1 heterocycles. The van der Waals surface area contributed by atoms with Gasteiger partial charge in [0.2, 0.25) is 0 Å². The van der Waals surface area contributed by atoms with Gasteiger partial charge in [-0.05, 0) is 25.7 Å². The summed E-state index contributed by atoms with van der Waals surface area (Å²) in [6.45, 7) is 1.30. The monoisotopic (exact) mass is 280 g/mol. The van der Waals surface area contributed by atoms with E-state index in [2.05, 4.69) is 4.72 Å². The quantitative estimate of drug-likeness (QED) is 0.802. The summed E-state index contributed by atoms with van der Waals surface area (Å²) in [6, 6.07) is -0.0858. The molecule has 17 heavy (non-hydrogen) atoms. The summed E-state index contributed by atoms with van der Waals surface area (Å²) in [6.07, 6.45) is 7.02. The minimum atomic E-state index is -3.32. The molecule has 2 atom stereocenters. The number of nitrogens with zero attached hydrogens (tertiary/aromatic N) is 1. The molecule has 1 saturated heterocycles. The molecule has 0 bridgehead atoms. The van der Waals surface area contributed by atoms with E-state index in [-0.39, 0.29) is 11.4 Å². The van der Waals surface area contributed by atoms with Gasteiger partial charge in [0.25, 0.3) is 10.2 Å². The van der Waals surface area contributed by atoms with Crippen LogP contribution in [0.15, 0.2) is 0 Å². The van der Waals surface area contributed by atoms with Crippen LogP contribution in [0.5, 0.6) is 0 Å². The lowest BCUT2D eigenvalue weighted by Gasteiger charge is -2.32. The van der Waals surface area contributed by atoms with Crippen molar-refractivity contribution in [3.05, 3.63) is 0 Å². The van der Waals surface area contributed by atoms with Crippen LogP contribution in [0.1, 0.15) is 44.9 Å². The Morgan fingerprint density at radius 3 is 2.29 bits per heavy atom. The van der Waals surface area contributed by atoms with Gasteiger partial charge in [-0.25, -0.2) is 0 Å². The Bertz CT molecular complexity index is 341. The number of rotatable bonds is 3. The number of halogens is 1. The molecule has 100 valence electrons. The van der Waals surface area contributed by atoms with Crippen LogP contribution in [-0.2, 0) is 10.2 Å². The van der Waals surface area contributed by atoms with Gasteiger partial charge in [-0.15, -0.1) is 11.6 Å². The zero-order valence-electron chi connectivity index (χ0n) is 10.1. The Kier molecular flexibility index (Phi) is 4.69. The van der Waals surface area contributed by atoms with Crippen LogP contribution >= 0.6 is 11.6 Å². The van der Waals surface area contributed by atoms with Gasteiger partial charge < -0.3 is 0 Å². The van der Waals surface area contributed by atoms with Crippen molar-refractivity contribution in [3.63, 3.8) is 0 Å². The topological polar surface area (TPSA) is 49.4 Å². The third-order valence-corrected chi connectivity index (χ3v) is 5.80. The maximum absolute atomic E-state index is 12.2. The van der Waals surface area contributed by atoms with Gasteiger partial charge in [0.15, 0.2) is 0 Å². The van der Waals surface area contributed by atoms with E-state index >= 15 is 0 Å². The minimum Gasteiger partial charge on any atom is -0.198 e. The molecule has 0 aromatic carbocycles. The first-order valence-electron chi connectivity index (χ1n) is 6.51. The van der Waals surface area contributed by atoms with Crippen molar-refractivity contribution in [2.75, 3.05) is 13.1 Å². The second-order valence-corrected chi connectivity index (χ2v) is 7.25. The van der Waals surface area contributed by atoms with Crippen molar-refractivity contribution in [1.29, 1.82) is 0 Å². The summed E-state index contributed by atoms with van der Waals surface area (Å²) >= 11 is 6.18. The Labute approximate surface area is 109 Å². The highest BCUT2D eigenvalue weighted by atomic mass is 35.5. The first kappa shape index (κ1) is 13.6. The predicted molar refractivity (Wildman–Crippen MR) is 69.4 cm³/mol. The van der Waals surface area contributed by atoms with E-state index in [0.717, 1.165) is 44.9 Å². The molecule has 0 aromatic rings. The average molecular weight is 281 g/mol. The number of hydrogen-bond acceptors (Lipinski definition) is 2. The van der Waals surface area contributed by atoms with E-state index in [1.54, 1.807) is 4.31 Å². The van der Waals surface area contributed by atoms with Crippen LogP contribution in [0.25, 0.3) is 0 Å². The molecule has 2 rings (SSSR count). The Morgan fingerprint density at radius 1 is 1.00 bits per heavy atom. The third kappa shape index (κ3) is 3.56. The van der Waals surface area contributed by atoms with Gasteiger partial charge >= 0.3 is 0 Å². The molecule has 1 aliphatic heterocycles. The summed E-state index contributed by atoms with van der Waals surface area (Å²) in [7, 11) is -3.32. The Morgan fingerprint density at radius 2 is 1.65 bits per heavy atom. The maximum atomic E-state index is 12.2. The standard InChI is InChI=1S/C11H21ClN2O2S/c12-10-6-2-3-7-11(10)13-17(15,16)14-8-4-1-5-9-14/h10-11,13H,1-9H2. The molecule has 0 spiro atoms. The average Bonchev–Trinajstić information content (AvgIpc) is 2.33. The zero-order chi connectivity index (χ0) is 12.3. The van der Waals surface area contributed by atoms with Gasteiger partial charge in [-0.3, -0.25) is 0 Å². The first-order valence-corrected chi connectivity index (χ1v) is 8.39. The summed E-state index contributed by atoms with van der Waals surface area (Å²) < 4.78 is 28.7. The highest BCUT2D eigenvalue weighted by Gasteiger charge is 2.31. The highest BCUT2D eigenvalue weighted by Crippen LogP contribution is 2.24. The zero-order valence-corrected chi connectivity index (χ0v) is 11.6. The number of piperidine rings is 1. The van der Waals surface area contributed by atoms with Crippen molar-refractivity contribution in [1.82, 2.24) is 9.03 Å². The molecule has 2 aliphatic rings. The third-order valence-electron chi connectivity index (χ3n) is 3.64. The fourth-order valence-electron chi connectivity index (χ4n) is 2.59. The van der Waals surface area contributed by atoms with Crippen molar-refractivity contribution < 1.29 is 8.42 Å². The lowest BCUT2D eigenvalue weighted by Crippen LogP contribution is -2.50. The molecule has 0 aromatic heterocycles. The SMILES string of the molecule is O=S(=O)(NC1CCCCC1Cl)N1CCCCC1. The molecular formula is C11H21ClN2O2S. The van der Waals surface area contributed by atoms with E-state index in [9.17, 15) is 8.42 Å². The second kappa shape index (κ2) is 5.87. The smallest absolute Gasteiger partial charge is 0.198 e. The Hall–Kier alpha value is 0.160. The highest BCUT2D eigenvalue weighted by molar-refractivity contribution is 7.87. The van der Waals surface area contributed by atoms with Crippen LogP contribution < -0.4 is 4.72 Å². The fraction of sp³-hybridized carbons (Fsp3) is 1.00. The summed E-state index contributed by atoms with van der Waals surface area (Å²) in [4.78, 5) is 0. The van der Waals surface area contributed by atoms with E-state index in [0.29, 0.717) is 13.1 Å². The molecule has 1 N–H and O–H groups in total. The van der Waals surface area contributed by atoms with Crippen LogP contribution in [0.3, 0.4) is 0 Å². The molecule has 1 aliphatic carbocycles. The fourth-order valence-corrected chi connectivity index (χ4v) is 4.56. The number of alkyl halides is 1. The predicted octanol–water partition coefficient (Wildman–Crippen LogP) is 1.86. The van der Waals surface area contributed by atoms with Crippen LogP contribution in [0.4, 0.5) is 0 Å². The van der Waals surface area contributed by atoms with E-state index < -0.39 is 10.2 Å². The van der Waals surface area contributed by atoms with Gasteiger partial charge in [-0.2, -0.15) is 17.4 Å². The van der Waals surface area contributed by atoms with Crippen molar-refractivity contribution >= 4 is 21.8 Å². The van der Waals surface area contributed by atoms with Gasteiger partial charge in [-0.1, -0.05) is 19.3 Å². The largest absolute Gasteiger partial charge is 0.279 e. The van der Waals surface area contributed by atoms with Crippen molar-refractivity contribution in [3.8, 4) is 0 Å². The van der Waals surface area contributed by atoms with E-state index in [1.165, 1.54) is 0 Å². The molecule has 4 nitrogen and oxygen atoms in total. The number of nitrogens with one attached hydrogen (secondary N) is 1. The minimum absolute atomic E-state index is 0.0525.